The fourth-order valence-electron chi connectivity index (χ4n) is 2.46. The van der Waals surface area contributed by atoms with Gasteiger partial charge in [-0.15, -0.1) is 0 Å². The normalized spacial score (nSPS) is 11.1. The molecule has 2 aromatic rings. The average molecular weight is 287 g/mol. The Balaban J connectivity index is 2.31. The van der Waals surface area contributed by atoms with Crippen LogP contribution in [0.1, 0.15) is 29.9 Å². The summed E-state index contributed by atoms with van der Waals surface area (Å²) in [5, 5.41) is 0. The second-order valence-corrected chi connectivity index (χ2v) is 5.72. The molecule has 1 unspecified atom stereocenters. The van der Waals surface area contributed by atoms with Crippen molar-refractivity contribution in [2.75, 3.05) is 17.6 Å². The lowest BCUT2D eigenvalue weighted by molar-refractivity contribution is 0.594. The molecule has 0 saturated heterocycles. The monoisotopic (exact) mass is 287 g/mol. The molecular formula is C16H20N2OP+. The summed E-state index contributed by atoms with van der Waals surface area (Å²) in [4.78, 5) is 0. The summed E-state index contributed by atoms with van der Waals surface area (Å²) in [7, 11) is -0.231. The minimum atomic E-state index is -0.231. The lowest BCUT2D eigenvalue weighted by atomic mass is 9.87. The summed E-state index contributed by atoms with van der Waals surface area (Å²) in [6, 6.07) is 15.9. The maximum Gasteiger partial charge on any atom is 0.324 e. The van der Waals surface area contributed by atoms with Crippen molar-refractivity contribution in [1.82, 2.24) is 0 Å². The molecule has 0 radical (unpaired) electrons. The molecule has 0 aliphatic rings. The Morgan fingerprint density at radius 1 is 0.950 bits per heavy atom. The van der Waals surface area contributed by atoms with Crippen LogP contribution in [-0.2, 0) is 4.57 Å². The van der Waals surface area contributed by atoms with Crippen molar-refractivity contribution < 1.29 is 4.57 Å². The van der Waals surface area contributed by atoms with Gasteiger partial charge in [-0.3, -0.25) is 0 Å². The van der Waals surface area contributed by atoms with Crippen LogP contribution in [0.5, 0.6) is 0 Å². The van der Waals surface area contributed by atoms with E-state index < -0.39 is 0 Å². The number of rotatable bonds is 6. The van der Waals surface area contributed by atoms with Gasteiger partial charge in [-0.25, -0.2) is 0 Å². The van der Waals surface area contributed by atoms with E-state index in [1.165, 1.54) is 11.1 Å². The fourth-order valence-corrected chi connectivity index (χ4v) is 2.80. The zero-order valence-electron chi connectivity index (χ0n) is 11.4. The van der Waals surface area contributed by atoms with Gasteiger partial charge in [-0.05, 0) is 48.2 Å². The Labute approximate surface area is 121 Å². The molecule has 3 nitrogen and oxygen atoms in total. The van der Waals surface area contributed by atoms with E-state index >= 15 is 0 Å². The van der Waals surface area contributed by atoms with Gasteiger partial charge in [-0.2, -0.15) is 0 Å². The molecule has 0 amide bonds. The number of nitrogens with two attached hydrogens (primary N) is 2. The molecule has 0 aliphatic carbocycles. The molecule has 0 spiro atoms. The molecule has 4 N–H and O–H groups in total. The van der Waals surface area contributed by atoms with Crippen LogP contribution in [-0.4, -0.2) is 6.16 Å². The molecule has 0 aromatic heterocycles. The minimum absolute atomic E-state index is 0.231. The Morgan fingerprint density at radius 3 is 1.95 bits per heavy atom. The summed E-state index contributed by atoms with van der Waals surface area (Å²) in [5.74, 6) is 0.248. The van der Waals surface area contributed by atoms with E-state index in [0.29, 0.717) is 0 Å². The number of benzene rings is 2. The topological polar surface area (TPSA) is 69.1 Å². The molecule has 0 saturated carbocycles. The van der Waals surface area contributed by atoms with Gasteiger partial charge in [0.1, 0.15) is 6.16 Å². The quantitative estimate of drug-likeness (QED) is 0.482. The first-order valence-corrected chi connectivity index (χ1v) is 7.88. The lowest BCUT2D eigenvalue weighted by Gasteiger charge is -2.18. The first-order chi connectivity index (χ1) is 9.70. The molecule has 0 fully saturated rings. The summed E-state index contributed by atoms with van der Waals surface area (Å²) in [5.41, 5.74) is 15.7. The largest absolute Gasteiger partial charge is 0.399 e. The SMILES string of the molecule is Nc1cccc(C(CCC[PH+]=O)c2cccc(N)c2)c1. The highest BCUT2D eigenvalue weighted by atomic mass is 31.1. The van der Waals surface area contributed by atoms with E-state index in [1.54, 1.807) is 0 Å². The average Bonchev–Trinajstić information content (AvgIpc) is 2.43. The van der Waals surface area contributed by atoms with Crippen LogP contribution in [0.2, 0.25) is 0 Å². The Kier molecular flexibility index (Phi) is 5.14. The molecule has 2 aromatic carbocycles. The first kappa shape index (κ1) is 14.5. The van der Waals surface area contributed by atoms with Crippen LogP contribution in [0, 0.1) is 0 Å². The zero-order valence-corrected chi connectivity index (χ0v) is 12.4. The standard InChI is InChI=1S/C16H19N2OP/c17-14-6-1-4-12(10-14)16(8-3-9-20-19)13-5-2-7-15(18)11-13/h1-2,4-7,10-11,16H,3,8-9,17-18H2/p+1. The van der Waals surface area contributed by atoms with Gasteiger partial charge in [0.25, 0.3) is 0 Å². The summed E-state index contributed by atoms with van der Waals surface area (Å²) < 4.78 is 10.7. The lowest BCUT2D eigenvalue weighted by Crippen LogP contribution is -2.03. The van der Waals surface area contributed by atoms with Gasteiger partial charge < -0.3 is 11.5 Å². The van der Waals surface area contributed by atoms with Crippen LogP contribution in [0.3, 0.4) is 0 Å². The van der Waals surface area contributed by atoms with Gasteiger partial charge in [0.05, 0.1) is 0 Å². The van der Waals surface area contributed by atoms with Crippen LogP contribution in [0.25, 0.3) is 0 Å². The molecular weight excluding hydrogens is 267 g/mol. The number of nitrogen functional groups attached to an aromatic ring is 2. The second-order valence-electron chi connectivity index (χ2n) is 4.93. The van der Waals surface area contributed by atoms with Crippen molar-refractivity contribution in [2.24, 2.45) is 0 Å². The molecule has 20 heavy (non-hydrogen) atoms. The third kappa shape index (κ3) is 3.82. The first-order valence-electron chi connectivity index (χ1n) is 6.76. The Hall–Kier alpha value is -1.86. The predicted octanol–water partition coefficient (Wildman–Crippen LogP) is 3.79. The van der Waals surface area contributed by atoms with E-state index in [-0.39, 0.29) is 14.4 Å². The minimum Gasteiger partial charge on any atom is -0.399 e. The molecule has 0 aliphatic heterocycles. The van der Waals surface area contributed by atoms with Gasteiger partial charge >= 0.3 is 8.46 Å². The summed E-state index contributed by atoms with van der Waals surface area (Å²) in [6.45, 7) is 0. The van der Waals surface area contributed by atoms with Crippen molar-refractivity contribution in [2.45, 2.75) is 18.8 Å². The van der Waals surface area contributed by atoms with E-state index in [2.05, 4.69) is 12.1 Å². The van der Waals surface area contributed by atoms with E-state index in [0.717, 1.165) is 30.4 Å². The maximum absolute atomic E-state index is 10.7. The highest BCUT2D eigenvalue weighted by Crippen LogP contribution is 2.31. The van der Waals surface area contributed by atoms with Gasteiger partial charge in [0.15, 0.2) is 0 Å². The van der Waals surface area contributed by atoms with Crippen molar-refractivity contribution in [3.05, 3.63) is 59.7 Å². The Morgan fingerprint density at radius 2 is 1.50 bits per heavy atom. The van der Waals surface area contributed by atoms with Crippen LogP contribution in [0.15, 0.2) is 48.5 Å². The van der Waals surface area contributed by atoms with Gasteiger partial charge in [0.2, 0.25) is 0 Å². The van der Waals surface area contributed by atoms with Crippen LogP contribution < -0.4 is 11.5 Å². The molecule has 0 heterocycles. The smallest absolute Gasteiger partial charge is 0.324 e. The highest BCUT2D eigenvalue weighted by molar-refractivity contribution is 7.23. The van der Waals surface area contributed by atoms with Crippen molar-refractivity contribution in [3.63, 3.8) is 0 Å². The molecule has 1 atom stereocenters. The molecule has 0 bridgehead atoms. The van der Waals surface area contributed by atoms with Crippen molar-refractivity contribution in [1.29, 1.82) is 0 Å². The third-order valence-corrected chi connectivity index (χ3v) is 3.96. The van der Waals surface area contributed by atoms with E-state index in [1.807, 2.05) is 36.4 Å². The summed E-state index contributed by atoms with van der Waals surface area (Å²) >= 11 is 0. The number of hydrogen-bond donors (Lipinski definition) is 2. The fraction of sp³-hybridized carbons (Fsp3) is 0.250. The van der Waals surface area contributed by atoms with Gasteiger partial charge in [-0.1, -0.05) is 28.8 Å². The molecule has 2 rings (SSSR count). The maximum atomic E-state index is 10.7. The predicted molar refractivity (Wildman–Crippen MR) is 86.7 cm³/mol. The zero-order chi connectivity index (χ0) is 14.4. The van der Waals surface area contributed by atoms with E-state index in [4.69, 9.17) is 11.5 Å². The van der Waals surface area contributed by atoms with Crippen LogP contribution in [0.4, 0.5) is 11.4 Å². The summed E-state index contributed by atoms with van der Waals surface area (Å²) in [6.07, 6.45) is 2.61. The highest BCUT2D eigenvalue weighted by Gasteiger charge is 2.15. The van der Waals surface area contributed by atoms with Crippen molar-refractivity contribution in [3.8, 4) is 0 Å². The van der Waals surface area contributed by atoms with Crippen molar-refractivity contribution >= 4 is 19.8 Å². The molecule has 104 valence electrons. The third-order valence-electron chi connectivity index (χ3n) is 3.40. The number of hydrogen-bond acceptors (Lipinski definition) is 3. The van der Waals surface area contributed by atoms with Gasteiger partial charge in [0, 0.05) is 17.3 Å². The number of anilines is 2. The van der Waals surface area contributed by atoms with Crippen LogP contribution >= 0.6 is 8.46 Å². The molecule has 4 heteroatoms. The van der Waals surface area contributed by atoms with E-state index in [9.17, 15) is 4.57 Å². The Bertz CT molecular complexity index is 541. The second kappa shape index (κ2) is 7.06.